The quantitative estimate of drug-likeness (QED) is 0.841. The maximum absolute atomic E-state index is 13.2. The second-order valence-electron chi connectivity index (χ2n) is 6.69. The molecule has 150 valence electrons. The van der Waals surface area contributed by atoms with E-state index in [1.165, 1.54) is 34.6 Å². The molecule has 1 amide bonds. The minimum atomic E-state index is -3.71. The standard InChI is InChI=1S/C19H20F2N2O4S/c1-12-10-23(11-13(2)27-12)28(25,26)16-6-3-14(4-7-16)19(24)22-15-5-8-17(20)18(21)9-15/h3-9,12-13H,10-11H2,1-2H3,(H,22,24)/t12-,13-/m1/s1. The molecule has 9 heteroatoms. The summed E-state index contributed by atoms with van der Waals surface area (Å²) < 4.78 is 58.8. The predicted octanol–water partition coefficient (Wildman–Crippen LogP) is 3.02. The van der Waals surface area contributed by atoms with Crippen molar-refractivity contribution in [2.45, 2.75) is 31.0 Å². The van der Waals surface area contributed by atoms with E-state index in [1.54, 1.807) is 0 Å². The normalized spacial score (nSPS) is 20.7. The third kappa shape index (κ3) is 4.37. The molecular weight excluding hydrogens is 390 g/mol. The molecule has 1 fully saturated rings. The number of sulfonamides is 1. The van der Waals surface area contributed by atoms with E-state index in [0.29, 0.717) is 0 Å². The number of rotatable bonds is 4. The number of nitrogens with one attached hydrogen (secondary N) is 1. The summed E-state index contributed by atoms with van der Waals surface area (Å²) in [4.78, 5) is 12.3. The molecule has 0 saturated carbocycles. The minimum Gasteiger partial charge on any atom is -0.373 e. The van der Waals surface area contributed by atoms with Crippen LogP contribution in [-0.4, -0.2) is 43.9 Å². The van der Waals surface area contributed by atoms with Crippen LogP contribution in [0.1, 0.15) is 24.2 Å². The Hall–Kier alpha value is -2.36. The van der Waals surface area contributed by atoms with Gasteiger partial charge in [0, 0.05) is 30.4 Å². The number of carbonyl (C=O) groups is 1. The van der Waals surface area contributed by atoms with Crippen LogP contribution in [0.5, 0.6) is 0 Å². The molecule has 1 saturated heterocycles. The Morgan fingerprint density at radius 2 is 1.64 bits per heavy atom. The Kier molecular flexibility index (Phi) is 5.78. The van der Waals surface area contributed by atoms with Crippen LogP contribution in [0.25, 0.3) is 0 Å². The van der Waals surface area contributed by atoms with Crippen LogP contribution < -0.4 is 5.32 Å². The van der Waals surface area contributed by atoms with Crippen molar-refractivity contribution in [1.82, 2.24) is 4.31 Å². The zero-order valence-electron chi connectivity index (χ0n) is 15.4. The first kappa shape index (κ1) is 20.4. The third-order valence-electron chi connectivity index (χ3n) is 4.32. The lowest BCUT2D eigenvalue weighted by molar-refractivity contribution is -0.0440. The minimum absolute atomic E-state index is 0.0678. The molecule has 28 heavy (non-hydrogen) atoms. The Balaban J connectivity index is 1.75. The summed E-state index contributed by atoms with van der Waals surface area (Å²) in [5, 5.41) is 2.44. The van der Waals surface area contributed by atoms with E-state index in [1.807, 2.05) is 13.8 Å². The van der Waals surface area contributed by atoms with Gasteiger partial charge < -0.3 is 10.1 Å². The van der Waals surface area contributed by atoms with Crippen LogP contribution in [0.2, 0.25) is 0 Å². The number of nitrogens with zero attached hydrogens (tertiary/aromatic N) is 1. The van der Waals surface area contributed by atoms with Gasteiger partial charge in [0.2, 0.25) is 10.0 Å². The number of carbonyl (C=O) groups excluding carboxylic acids is 1. The number of benzene rings is 2. The van der Waals surface area contributed by atoms with Crippen LogP contribution in [0.4, 0.5) is 14.5 Å². The molecule has 1 aliphatic heterocycles. The van der Waals surface area contributed by atoms with Gasteiger partial charge in [-0.2, -0.15) is 4.31 Å². The molecule has 0 aromatic heterocycles. The molecule has 0 bridgehead atoms. The van der Waals surface area contributed by atoms with Crippen LogP contribution in [-0.2, 0) is 14.8 Å². The molecule has 3 rings (SSSR count). The van der Waals surface area contributed by atoms with Crippen LogP contribution in [0.3, 0.4) is 0 Å². The highest BCUT2D eigenvalue weighted by Crippen LogP contribution is 2.22. The van der Waals surface area contributed by atoms with Gasteiger partial charge in [-0.15, -0.1) is 0 Å². The lowest BCUT2D eigenvalue weighted by atomic mass is 10.2. The number of halogens is 2. The van der Waals surface area contributed by atoms with Gasteiger partial charge in [0.25, 0.3) is 5.91 Å². The number of ether oxygens (including phenoxy) is 1. The third-order valence-corrected chi connectivity index (χ3v) is 6.16. The van der Waals surface area contributed by atoms with Crippen molar-refractivity contribution in [3.05, 3.63) is 59.7 Å². The lowest BCUT2D eigenvalue weighted by Gasteiger charge is -2.34. The van der Waals surface area contributed by atoms with Crippen molar-refractivity contribution in [3.8, 4) is 0 Å². The Bertz CT molecular complexity index is 970. The summed E-state index contributed by atoms with van der Waals surface area (Å²) >= 11 is 0. The first-order chi connectivity index (χ1) is 13.2. The molecule has 2 atom stereocenters. The van der Waals surface area contributed by atoms with Crippen molar-refractivity contribution in [1.29, 1.82) is 0 Å². The first-order valence-corrected chi connectivity index (χ1v) is 10.1. The Morgan fingerprint density at radius 3 is 2.21 bits per heavy atom. The number of anilines is 1. The SMILES string of the molecule is C[C@@H]1CN(S(=O)(=O)c2ccc(C(=O)Nc3ccc(F)c(F)c3)cc2)C[C@@H](C)O1. The Morgan fingerprint density at radius 1 is 1.04 bits per heavy atom. The maximum atomic E-state index is 13.2. The summed E-state index contributed by atoms with van der Waals surface area (Å²) in [6, 6.07) is 8.44. The molecule has 0 radical (unpaired) electrons. The van der Waals surface area contributed by atoms with Gasteiger partial charge in [-0.05, 0) is 50.2 Å². The van der Waals surface area contributed by atoms with E-state index >= 15 is 0 Å². The van der Waals surface area contributed by atoms with Crippen LogP contribution >= 0.6 is 0 Å². The van der Waals surface area contributed by atoms with E-state index in [2.05, 4.69) is 5.32 Å². The van der Waals surface area contributed by atoms with Crippen molar-refractivity contribution < 1.29 is 26.7 Å². The highest BCUT2D eigenvalue weighted by Gasteiger charge is 2.32. The number of hydrogen-bond donors (Lipinski definition) is 1. The average molecular weight is 410 g/mol. The zero-order valence-corrected chi connectivity index (χ0v) is 16.2. The molecule has 2 aromatic rings. The van der Waals surface area contributed by atoms with Crippen molar-refractivity contribution in [2.75, 3.05) is 18.4 Å². The lowest BCUT2D eigenvalue weighted by Crippen LogP contribution is -2.48. The number of morpholine rings is 1. The van der Waals surface area contributed by atoms with Gasteiger partial charge >= 0.3 is 0 Å². The van der Waals surface area contributed by atoms with Gasteiger partial charge in [-0.1, -0.05) is 0 Å². The first-order valence-electron chi connectivity index (χ1n) is 8.69. The topological polar surface area (TPSA) is 75.7 Å². The summed E-state index contributed by atoms with van der Waals surface area (Å²) in [6.07, 6.45) is -0.417. The largest absolute Gasteiger partial charge is 0.373 e. The van der Waals surface area contributed by atoms with E-state index in [4.69, 9.17) is 4.74 Å². The van der Waals surface area contributed by atoms with E-state index in [0.717, 1.165) is 12.1 Å². The molecule has 1 heterocycles. The highest BCUT2D eigenvalue weighted by atomic mass is 32.2. The smallest absolute Gasteiger partial charge is 0.255 e. The number of amides is 1. The summed E-state index contributed by atoms with van der Waals surface area (Å²) in [5.74, 6) is -2.66. The van der Waals surface area contributed by atoms with E-state index < -0.39 is 27.6 Å². The molecular formula is C19H20F2N2O4S. The summed E-state index contributed by atoms with van der Waals surface area (Å²) in [6.45, 7) is 4.13. The molecule has 1 N–H and O–H groups in total. The van der Waals surface area contributed by atoms with Gasteiger partial charge in [0.1, 0.15) is 0 Å². The predicted molar refractivity (Wildman–Crippen MR) is 99.5 cm³/mol. The van der Waals surface area contributed by atoms with E-state index in [-0.39, 0.29) is 41.4 Å². The molecule has 0 aliphatic carbocycles. The molecule has 0 unspecified atom stereocenters. The fourth-order valence-corrected chi connectivity index (χ4v) is 4.62. The van der Waals surface area contributed by atoms with Crippen LogP contribution in [0, 0.1) is 11.6 Å². The second kappa shape index (κ2) is 7.94. The fourth-order valence-electron chi connectivity index (χ4n) is 3.03. The molecule has 1 aliphatic rings. The summed E-state index contributed by atoms with van der Waals surface area (Å²) in [5.41, 5.74) is 0.282. The second-order valence-corrected chi connectivity index (χ2v) is 8.62. The van der Waals surface area contributed by atoms with Crippen LogP contribution in [0.15, 0.2) is 47.4 Å². The Labute approximate surface area is 162 Å². The van der Waals surface area contributed by atoms with Gasteiger partial charge in [-0.25, -0.2) is 17.2 Å². The van der Waals surface area contributed by atoms with Gasteiger partial charge in [0.05, 0.1) is 17.1 Å². The molecule has 2 aromatic carbocycles. The van der Waals surface area contributed by atoms with Gasteiger partial charge in [-0.3, -0.25) is 4.79 Å². The average Bonchev–Trinajstić information content (AvgIpc) is 2.64. The molecule has 0 spiro atoms. The fraction of sp³-hybridized carbons (Fsp3) is 0.316. The zero-order chi connectivity index (χ0) is 20.5. The monoisotopic (exact) mass is 410 g/mol. The summed E-state index contributed by atoms with van der Waals surface area (Å²) in [7, 11) is -3.71. The van der Waals surface area contributed by atoms with E-state index in [9.17, 15) is 22.0 Å². The molecule has 6 nitrogen and oxygen atoms in total. The maximum Gasteiger partial charge on any atom is 0.255 e. The van der Waals surface area contributed by atoms with Crippen molar-refractivity contribution in [2.24, 2.45) is 0 Å². The van der Waals surface area contributed by atoms with Gasteiger partial charge in [0.15, 0.2) is 11.6 Å². The number of hydrogen-bond acceptors (Lipinski definition) is 4. The highest BCUT2D eigenvalue weighted by molar-refractivity contribution is 7.89. The van der Waals surface area contributed by atoms with Crippen molar-refractivity contribution >= 4 is 21.6 Å². The van der Waals surface area contributed by atoms with Crippen molar-refractivity contribution in [3.63, 3.8) is 0 Å².